The molecule has 31 heavy (non-hydrogen) atoms. The van der Waals surface area contributed by atoms with Crippen LogP contribution in [0.3, 0.4) is 0 Å². The molecule has 10 heteroatoms. The van der Waals surface area contributed by atoms with Crippen molar-refractivity contribution in [3.05, 3.63) is 35.4 Å². The van der Waals surface area contributed by atoms with E-state index >= 15 is 0 Å². The van der Waals surface area contributed by atoms with Gasteiger partial charge in [-0.3, -0.25) is 9.59 Å². The van der Waals surface area contributed by atoms with Crippen molar-refractivity contribution in [2.75, 3.05) is 26.6 Å². The first-order valence-corrected chi connectivity index (χ1v) is 10.1. The zero-order valence-corrected chi connectivity index (χ0v) is 17.9. The molecule has 0 fully saturated rings. The largest absolute Gasteiger partial charge is 0.493 e. The van der Waals surface area contributed by atoms with Crippen molar-refractivity contribution in [2.45, 2.75) is 24.8 Å². The fraction of sp³-hybridized carbons (Fsp3) is 0.333. The van der Waals surface area contributed by atoms with E-state index in [0.717, 1.165) is 17.8 Å². The average molecular weight is 450 g/mol. The van der Waals surface area contributed by atoms with Crippen LogP contribution >= 0.6 is 11.8 Å². The van der Waals surface area contributed by atoms with E-state index in [1.54, 1.807) is 31.2 Å². The van der Waals surface area contributed by atoms with Gasteiger partial charge in [-0.15, -0.1) is 0 Å². The Morgan fingerprint density at radius 2 is 1.90 bits per heavy atom. The number of carbonyl (C=O) groups is 2. The lowest BCUT2D eigenvalue weighted by Crippen LogP contribution is -2.13. The van der Waals surface area contributed by atoms with Gasteiger partial charge in [-0.2, -0.15) is 5.26 Å². The average Bonchev–Trinajstić information content (AvgIpc) is 2.76. The number of benzene rings is 1. The highest BCUT2D eigenvalue weighted by molar-refractivity contribution is 8.00. The summed E-state index contributed by atoms with van der Waals surface area (Å²) in [4.78, 5) is 27.8. The van der Waals surface area contributed by atoms with E-state index in [1.807, 2.05) is 0 Å². The molecule has 0 saturated heterocycles. The highest BCUT2D eigenvalue weighted by atomic mass is 32.2. The van der Waals surface area contributed by atoms with Gasteiger partial charge in [0.25, 0.3) is 6.43 Å². The topological polar surface area (TPSA) is 98.5 Å². The number of carbonyl (C=O) groups excluding carboxylic acids is 2. The third kappa shape index (κ3) is 6.15. The lowest BCUT2D eigenvalue weighted by molar-refractivity contribution is -0.145. The third-order valence-electron chi connectivity index (χ3n) is 4.06. The number of nitrogens with zero attached hydrogens (tertiary/aromatic N) is 2. The summed E-state index contributed by atoms with van der Waals surface area (Å²) in [5.41, 5.74) is -0.171. The first kappa shape index (κ1) is 24.1. The zero-order chi connectivity index (χ0) is 23.0. The molecular weight excluding hydrogens is 430 g/mol. The van der Waals surface area contributed by atoms with E-state index in [9.17, 15) is 23.6 Å². The predicted octanol–water partition coefficient (Wildman–Crippen LogP) is 4.19. The standard InChI is InChI=1S/C21H20F2N2O5S/c1-4-30-19(27)8-13(26)11-31-21-15(10-24)14(20(22)23)9-16(25-21)12-5-6-17(28-2)18(7-12)29-3/h5-7,9,20H,4,8,11H2,1-3H3. The van der Waals surface area contributed by atoms with Crippen molar-refractivity contribution >= 4 is 23.5 Å². The Bertz CT molecular complexity index is 1010. The van der Waals surface area contributed by atoms with E-state index in [1.165, 1.54) is 14.2 Å². The van der Waals surface area contributed by atoms with E-state index in [0.29, 0.717) is 17.1 Å². The van der Waals surface area contributed by atoms with Crippen LogP contribution in [0.25, 0.3) is 11.3 Å². The number of rotatable bonds is 10. The summed E-state index contributed by atoms with van der Waals surface area (Å²) in [6.45, 7) is 1.76. The van der Waals surface area contributed by atoms with Gasteiger partial charge in [-0.25, -0.2) is 13.8 Å². The number of alkyl halides is 2. The molecule has 0 atom stereocenters. The Kier molecular flexibility index (Phi) is 8.75. The van der Waals surface area contributed by atoms with Gasteiger partial charge in [0.2, 0.25) is 0 Å². The number of methoxy groups -OCH3 is 2. The van der Waals surface area contributed by atoms with Crippen molar-refractivity contribution in [3.63, 3.8) is 0 Å². The van der Waals surface area contributed by atoms with Crippen LogP contribution in [-0.2, 0) is 14.3 Å². The maximum Gasteiger partial charge on any atom is 0.313 e. The Labute approximate surface area is 182 Å². The van der Waals surface area contributed by atoms with E-state index < -0.39 is 30.2 Å². The summed E-state index contributed by atoms with van der Waals surface area (Å²) < 4.78 is 42.4. The lowest BCUT2D eigenvalue weighted by Gasteiger charge is -2.13. The number of esters is 1. The van der Waals surface area contributed by atoms with Crippen molar-refractivity contribution in [1.82, 2.24) is 4.98 Å². The van der Waals surface area contributed by atoms with Crippen LogP contribution < -0.4 is 9.47 Å². The number of nitriles is 1. The van der Waals surface area contributed by atoms with Gasteiger partial charge in [0.15, 0.2) is 17.3 Å². The number of halogens is 2. The molecule has 164 valence electrons. The fourth-order valence-electron chi connectivity index (χ4n) is 2.65. The molecule has 0 saturated carbocycles. The van der Waals surface area contributed by atoms with Crippen LogP contribution in [0.4, 0.5) is 8.78 Å². The molecular formula is C21H20F2N2O5S. The van der Waals surface area contributed by atoms with Crippen molar-refractivity contribution < 1.29 is 32.6 Å². The highest BCUT2D eigenvalue weighted by Gasteiger charge is 2.22. The second-order valence-corrected chi connectivity index (χ2v) is 7.03. The van der Waals surface area contributed by atoms with E-state index in [2.05, 4.69) is 4.98 Å². The smallest absolute Gasteiger partial charge is 0.313 e. The van der Waals surface area contributed by atoms with Gasteiger partial charge in [0.1, 0.15) is 17.5 Å². The van der Waals surface area contributed by atoms with Crippen LogP contribution in [0.2, 0.25) is 0 Å². The van der Waals surface area contributed by atoms with Crippen LogP contribution in [0.15, 0.2) is 29.3 Å². The number of Topliss-reactive ketones (excluding diaryl/α,β-unsaturated/α-hetero) is 1. The molecule has 0 amide bonds. The normalized spacial score (nSPS) is 10.5. The number of hydrogen-bond acceptors (Lipinski definition) is 8. The van der Waals surface area contributed by atoms with Crippen molar-refractivity contribution in [1.29, 1.82) is 5.26 Å². The predicted molar refractivity (Wildman–Crippen MR) is 109 cm³/mol. The molecule has 0 unspecified atom stereocenters. The van der Waals surface area contributed by atoms with Gasteiger partial charge in [-0.1, -0.05) is 11.8 Å². The van der Waals surface area contributed by atoms with Gasteiger partial charge in [0, 0.05) is 11.1 Å². The zero-order valence-electron chi connectivity index (χ0n) is 17.1. The maximum atomic E-state index is 13.6. The second kappa shape index (κ2) is 11.3. The molecule has 2 aromatic rings. The number of aromatic nitrogens is 1. The summed E-state index contributed by atoms with van der Waals surface area (Å²) >= 11 is 0.818. The van der Waals surface area contributed by atoms with Crippen LogP contribution in [-0.4, -0.2) is 43.3 Å². The SMILES string of the molecule is CCOC(=O)CC(=O)CSc1nc(-c2ccc(OC)c(OC)c2)cc(C(F)F)c1C#N. The van der Waals surface area contributed by atoms with Crippen molar-refractivity contribution in [3.8, 4) is 28.8 Å². The van der Waals surface area contributed by atoms with Gasteiger partial charge < -0.3 is 14.2 Å². The molecule has 7 nitrogen and oxygen atoms in total. The van der Waals surface area contributed by atoms with E-state index in [-0.39, 0.29) is 28.6 Å². The Hall–Kier alpha value is -3.19. The molecule has 0 spiro atoms. The summed E-state index contributed by atoms with van der Waals surface area (Å²) in [5.74, 6) is -0.534. The van der Waals surface area contributed by atoms with Gasteiger partial charge >= 0.3 is 5.97 Å². The lowest BCUT2D eigenvalue weighted by atomic mass is 10.1. The summed E-state index contributed by atoms with van der Waals surface area (Å²) in [6, 6.07) is 7.66. The number of ketones is 1. The first-order valence-electron chi connectivity index (χ1n) is 9.10. The van der Waals surface area contributed by atoms with Gasteiger partial charge in [0.05, 0.1) is 37.8 Å². The minimum Gasteiger partial charge on any atom is -0.493 e. The molecule has 1 heterocycles. The number of pyridine rings is 1. The molecule has 0 radical (unpaired) electrons. The summed E-state index contributed by atoms with van der Waals surface area (Å²) in [7, 11) is 2.91. The third-order valence-corrected chi connectivity index (χ3v) is 5.09. The maximum absolute atomic E-state index is 13.6. The Balaban J connectivity index is 2.42. The number of hydrogen-bond donors (Lipinski definition) is 0. The van der Waals surface area contributed by atoms with Crippen LogP contribution in [0, 0.1) is 11.3 Å². The first-order chi connectivity index (χ1) is 14.8. The molecule has 0 aliphatic carbocycles. The molecule has 1 aromatic carbocycles. The van der Waals surface area contributed by atoms with Crippen molar-refractivity contribution in [2.24, 2.45) is 0 Å². The van der Waals surface area contributed by atoms with E-state index in [4.69, 9.17) is 14.2 Å². The quantitative estimate of drug-likeness (QED) is 0.302. The highest BCUT2D eigenvalue weighted by Crippen LogP contribution is 2.36. The molecule has 0 aliphatic heterocycles. The molecule has 0 aliphatic rings. The minimum absolute atomic E-state index is 0.0257. The van der Waals surface area contributed by atoms with Gasteiger partial charge in [-0.05, 0) is 31.2 Å². The monoisotopic (exact) mass is 450 g/mol. The number of ether oxygens (including phenoxy) is 3. The summed E-state index contributed by atoms with van der Waals surface area (Å²) in [5, 5.41) is 9.38. The van der Waals surface area contributed by atoms with Crippen LogP contribution in [0.5, 0.6) is 11.5 Å². The molecule has 0 bridgehead atoms. The molecule has 1 aromatic heterocycles. The Morgan fingerprint density at radius 3 is 2.48 bits per heavy atom. The molecule has 0 N–H and O–H groups in total. The number of thioether (sulfide) groups is 1. The summed E-state index contributed by atoms with van der Waals surface area (Å²) in [6.07, 6.45) is -3.37. The minimum atomic E-state index is -2.92. The fourth-order valence-corrected chi connectivity index (χ4v) is 3.52. The second-order valence-electron chi connectivity index (χ2n) is 6.07. The Morgan fingerprint density at radius 1 is 1.19 bits per heavy atom. The molecule has 2 rings (SSSR count). The van der Waals surface area contributed by atoms with Crippen LogP contribution in [0.1, 0.15) is 30.9 Å².